The van der Waals surface area contributed by atoms with Crippen LogP contribution in [0.1, 0.15) is 12.0 Å². The van der Waals surface area contributed by atoms with E-state index in [0.29, 0.717) is 24.0 Å². The van der Waals surface area contributed by atoms with E-state index in [9.17, 15) is 13.2 Å². The fourth-order valence-electron chi connectivity index (χ4n) is 2.74. The molecule has 1 aromatic heterocycles. The number of hydrogen-bond donors (Lipinski definition) is 1. The number of rotatable bonds is 6. The van der Waals surface area contributed by atoms with Crippen molar-refractivity contribution in [2.24, 2.45) is 10.9 Å². The van der Waals surface area contributed by atoms with Gasteiger partial charge in [-0.15, -0.1) is 0 Å². The molecule has 0 amide bonds. The number of aliphatic imine (C=N–C) groups is 1. The summed E-state index contributed by atoms with van der Waals surface area (Å²) in [4.78, 5) is 10.2. The fraction of sp³-hybridized carbons (Fsp3) is 0.625. The number of ether oxygens (including phenoxy) is 2. The number of nitrogens with zero attached hydrogens (tertiary/aromatic N) is 3. The minimum absolute atomic E-state index is 0.0264. The highest BCUT2D eigenvalue weighted by molar-refractivity contribution is 5.80. The summed E-state index contributed by atoms with van der Waals surface area (Å²) in [5, 5.41) is 3.16. The minimum atomic E-state index is -4.40. The number of nitrogens with one attached hydrogen (secondary N) is 1. The maximum absolute atomic E-state index is 12.3. The van der Waals surface area contributed by atoms with Crippen molar-refractivity contribution in [1.29, 1.82) is 0 Å². The Kier molecular flexibility index (Phi) is 6.86. The van der Waals surface area contributed by atoms with Crippen molar-refractivity contribution in [2.75, 3.05) is 40.5 Å². The molecule has 1 fully saturated rings. The zero-order valence-corrected chi connectivity index (χ0v) is 14.3. The van der Waals surface area contributed by atoms with Crippen molar-refractivity contribution in [1.82, 2.24) is 15.2 Å². The fourth-order valence-corrected chi connectivity index (χ4v) is 2.74. The van der Waals surface area contributed by atoms with Crippen molar-refractivity contribution in [3.8, 4) is 5.88 Å². The molecule has 2 rings (SSSR count). The standard InChI is InChI=1S/C16H23F3N4O2/c1-20-15(23-7-5-12(9-23)10-24-2)22-8-13-4-3-6-21-14(13)25-11-16(17,18)19/h3-4,6,12H,5,7-11H2,1-2H3,(H,20,22). The van der Waals surface area contributed by atoms with Gasteiger partial charge < -0.3 is 19.7 Å². The van der Waals surface area contributed by atoms with E-state index in [1.807, 2.05) is 0 Å². The van der Waals surface area contributed by atoms with Gasteiger partial charge in [-0.2, -0.15) is 13.2 Å². The Balaban J connectivity index is 1.93. The molecule has 1 unspecified atom stereocenters. The highest BCUT2D eigenvalue weighted by Gasteiger charge is 2.29. The van der Waals surface area contributed by atoms with Gasteiger partial charge in [0.1, 0.15) is 0 Å². The van der Waals surface area contributed by atoms with Crippen molar-refractivity contribution >= 4 is 5.96 Å². The molecule has 1 atom stereocenters. The van der Waals surface area contributed by atoms with Gasteiger partial charge in [-0.3, -0.25) is 4.99 Å². The number of methoxy groups -OCH3 is 1. The predicted molar refractivity (Wildman–Crippen MR) is 87.5 cm³/mol. The van der Waals surface area contributed by atoms with E-state index in [0.717, 1.165) is 19.5 Å². The predicted octanol–water partition coefficient (Wildman–Crippen LogP) is 2.07. The first kappa shape index (κ1) is 19.3. The third kappa shape index (κ3) is 6.08. The number of aromatic nitrogens is 1. The Labute approximate surface area is 145 Å². The van der Waals surface area contributed by atoms with E-state index in [2.05, 4.69) is 20.2 Å². The van der Waals surface area contributed by atoms with E-state index in [1.165, 1.54) is 6.20 Å². The summed E-state index contributed by atoms with van der Waals surface area (Å²) in [6.45, 7) is 1.30. The Morgan fingerprint density at radius 3 is 2.96 bits per heavy atom. The highest BCUT2D eigenvalue weighted by atomic mass is 19.4. The van der Waals surface area contributed by atoms with Crippen molar-refractivity contribution in [2.45, 2.75) is 19.1 Å². The first-order valence-corrected chi connectivity index (χ1v) is 8.01. The lowest BCUT2D eigenvalue weighted by Crippen LogP contribution is -2.40. The topological polar surface area (TPSA) is 59.0 Å². The molecule has 0 bridgehead atoms. The third-order valence-corrected chi connectivity index (χ3v) is 3.86. The van der Waals surface area contributed by atoms with Crippen LogP contribution in [-0.4, -0.2) is 62.5 Å². The quantitative estimate of drug-likeness (QED) is 0.622. The molecular formula is C16H23F3N4O2. The Bertz CT molecular complexity index is 581. The number of hydrogen-bond acceptors (Lipinski definition) is 4. The molecule has 0 aromatic carbocycles. The summed E-state index contributed by atoms with van der Waals surface area (Å²) in [6.07, 6.45) is -1.98. The number of alkyl halides is 3. The van der Waals surface area contributed by atoms with Crippen LogP contribution in [0.2, 0.25) is 0 Å². The Hall–Kier alpha value is -2.03. The molecule has 9 heteroatoms. The number of likely N-dealkylation sites (tertiary alicyclic amines) is 1. The van der Waals surface area contributed by atoms with Crippen LogP contribution in [-0.2, 0) is 11.3 Å². The lowest BCUT2D eigenvalue weighted by atomic mass is 10.1. The van der Waals surface area contributed by atoms with Crippen LogP contribution in [0.15, 0.2) is 23.3 Å². The largest absolute Gasteiger partial charge is 0.468 e. The summed E-state index contributed by atoms with van der Waals surface area (Å²) in [5.41, 5.74) is 0.542. The van der Waals surface area contributed by atoms with Gasteiger partial charge in [0.05, 0.1) is 6.61 Å². The van der Waals surface area contributed by atoms with Crippen molar-refractivity contribution < 1.29 is 22.6 Å². The van der Waals surface area contributed by atoms with Gasteiger partial charge in [-0.05, 0) is 12.5 Å². The van der Waals surface area contributed by atoms with Gasteiger partial charge in [0.25, 0.3) is 0 Å². The Morgan fingerprint density at radius 2 is 2.28 bits per heavy atom. The summed E-state index contributed by atoms with van der Waals surface area (Å²) in [5.74, 6) is 1.12. The molecule has 6 nitrogen and oxygen atoms in total. The maximum Gasteiger partial charge on any atom is 0.422 e. The van der Waals surface area contributed by atoms with Crippen molar-refractivity contribution in [3.63, 3.8) is 0 Å². The number of halogens is 3. The molecule has 140 valence electrons. The third-order valence-electron chi connectivity index (χ3n) is 3.86. The smallest absolute Gasteiger partial charge is 0.422 e. The van der Waals surface area contributed by atoms with Gasteiger partial charge >= 0.3 is 6.18 Å². The van der Waals surface area contributed by atoms with Crippen LogP contribution >= 0.6 is 0 Å². The number of guanidine groups is 1. The van der Waals surface area contributed by atoms with Crippen LogP contribution in [0.25, 0.3) is 0 Å². The minimum Gasteiger partial charge on any atom is -0.468 e. The molecule has 1 aliphatic heterocycles. The van der Waals surface area contributed by atoms with Gasteiger partial charge in [0.2, 0.25) is 5.88 Å². The molecule has 0 saturated carbocycles. The van der Waals surface area contributed by atoms with Crippen LogP contribution in [0, 0.1) is 5.92 Å². The molecule has 1 aromatic rings. The molecule has 2 heterocycles. The lowest BCUT2D eigenvalue weighted by Gasteiger charge is -2.22. The highest BCUT2D eigenvalue weighted by Crippen LogP contribution is 2.20. The molecule has 1 aliphatic rings. The molecule has 0 aliphatic carbocycles. The van der Waals surface area contributed by atoms with Gasteiger partial charge in [-0.25, -0.2) is 4.98 Å². The van der Waals surface area contributed by atoms with Gasteiger partial charge in [-0.1, -0.05) is 6.07 Å². The monoisotopic (exact) mass is 360 g/mol. The van der Waals surface area contributed by atoms with Gasteiger partial charge in [0.15, 0.2) is 12.6 Å². The zero-order chi connectivity index (χ0) is 18.3. The molecular weight excluding hydrogens is 337 g/mol. The number of pyridine rings is 1. The normalized spacial score (nSPS) is 18.5. The first-order valence-electron chi connectivity index (χ1n) is 8.01. The zero-order valence-electron chi connectivity index (χ0n) is 14.3. The molecule has 0 spiro atoms. The van der Waals surface area contributed by atoms with Crippen molar-refractivity contribution in [3.05, 3.63) is 23.9 Å². The van der Waals surface area contributed by atoms with Crippen LogP contribution in [0.3, 0.4) is 0 Å². The van der Waals surface area contributed by atoms with E-state index in [-0.39, 0.29) is 12.4 Å². The molecule has 1 saturated heterocycles. The first-order chi connectivity index (χ1) is 11.9. The van der Waals surface area contributed by atoms with Crippen LogP contribution < -0.4 is 10.1 Å². The second kappa shape index (κ2) is 8.89. The summed E-state index contributed by atoms with van der Waals surface area (Å²) in [7, 11) is 3.36. The van der Waals surface area contributed by atoms with Crippen LogP contribution in [0.4, 0.5) is 13.2 Å². The SMILES string of the molecule is CN=C(NCc1cccnc1OCC(F)(F)F)N1CCC(COC)C1. The lowest BCUT2D eigenvalue weighted by molar-refractivity contribution is -0.154. The van der Waals surface area contributed by atoms with Crippen LogP contribution in [0.5, 0.6) is 5.88 Å². The van der Waals surface area contributed by atoms with E-state index in [4.69, 9.17) is 9.47 Å². The molecule has 1 N–H and O–H groups in total. The summed E-state index contributed by atoms with van der Waals surface area (Å²) in [6, 6.07) is 3.33. The van der Waals surface area contributed by atoms with E-state index in [1.54, 1.807) is 26.3 Å². The second-order valence-corrected chi connectivity index (χ2v) is 5.83. The average Bonchev–Trinajstić information content (AvgIpc) is 3.02. The van der Waals surface area contributed by atoms with E-state index < -0.39 is 12.8 Å². The molecule has 25 heavy (non-hydrogen) atoms. The van der Waals surface area contributed by atoms with E-state index >= 15 is 0 Å². The molecule has 0 radical (unpaired) electrons. The average molecular weight is 360 g/mol. The van der Waals surface area contributed by atoms with Gasteiger partial charge in [0, 0.05) is 51.5 Å². The second-order valence-electron chi connectivity index (χ2n) is 5.83. The Morgan fingerprint density at radius 1 is 1.48 bits per heavy atom. The summed E-state index contributed by atoms with van der Waals surface area (Å²) >= 11 is 0. The maximum atomic E-state index is 12.3. The summed E-state index contributed by atoms with van der Waals surface area (Å²) < 4.78 is 47.0.